The van der Waals surface area contributed by atoms with Crippen molar-refractivity contribution in [3.63, 3.8) is 0 Å². The summed E-state index contributed by atoms with van der Waals surface area (Å²) in [4.78, 5) is 47.3. The summed E-state index contributed by atoms with van der Waals surface area (Å²) >= 11 is 0. The van der Waals surface area contributed by atoms with E-state index in [1.54, 1.807) is 0 Å². The van der Waals surface area contributed by atoms with Crippen molar-refractivity contribution in [2.45, 2.75) is 154 Å². The molecule has 0 aromatic rings. The molecule has 0 aliphatic heterocycles. The SMILES string of the molecule is CC/C=C\C/C=C\C/C=C\C/C=C\C/C=C\C/C=C\C/C=C\CCCC(=O)OC(/C=C\CCCCC)CCCCCCC(=O)NCC(=O)NC(CO)C(=O)O. The maximum Gasteiger partial charge on any atom is 0.328 e. The van der Waals surface area contributed by atoms with Crippen molar-refractivity contribution < 1.29 is 34.1 Å². The van der Waals surface area contributed by atoms with Crippen LogP contribution >= 0.6 is 0 Å². The summed E-state index contributed by atoms with van der Waals surface area (Å²) < 4.78 is 5.82. The predicted molar refractivity (Wildman–Crippen MR) is 226 cm³/mol. The molecule has 0 spiro atoms. The number of ether oxygens (including phenoxy) is 1. The Bertz CT molecular complexity index is 1240. The highest BCUT2D eigenvalue weighted by molar-refractivity contribution is 5.87. The second kappa shape index (κ2) is 39.5. The number of carbonyl (C=O) groups excluding carboxylic acids is 3. The Morgan fingerprint density at radius 1 is 0.582 bits per heavy atom. The first-order chi connectivity index (χ1) is 26.8. The van der Waals surface area contributed by atoms with Gasteiger partial charge in [-0.1, -0.05) is 131 Å². The zero-order valence-corrected chi connectivity index (χ0v) is 33.9. The summed E-state index contributed by atoms with van der Waals surface area (Å²) in [6.45, 7) is 3.25. The van der Waals surface area contributed by atoms with Gasteiger partial charge in [-0.05, 0) is 96.0 Å². The van der Waals surface area contributed by atoms with Crippen LogP contribution in [-0.4, -0.2) is 59.3 Å². The molecule has 308 valence electrons. The summed E-state index contributed by atoms with van der Waals surface area (Å²) in [5.74, 6) is -2.49. The molecule has 0 saturated heterocycles. The number of unbranched alkanes of at least 4 members (excludes halogenated alkanes) is 7. The number of carboxylic acid groups (broad SMARTS) is 1. The molecule has 0 bridgehead atoms. The molecule has 55 heavy (non-hydrogen) atoms. The third-order valence-corrected chi connectivity index (χ3v) is 8.30. The van der Waals surface area contributed by atoms with Crippen LogP contribution in [0.5, 0.6) is 0 Å². The first-order valence-corrected chi connectivity index (χ1v) is 20.6. The van der Waals surface area contributed by atoms with Crippen LogP contribution in [0.3, 0.4) is 0 Å². The van der Waals surface area contributed by atoms with Gasteiger partial charge in [0.25, 0.3) is 0 Å². The van der Waals surface area contributed by atoms with Crippen LogP contribution in [0, 0.1) is 0 Å². The number of esters is 1. The number of rotatable bonds is 35. The highest BCUT2D eigenvalue weighted by atomic mass is 16.5. The van der Waals surface area contributed by atoms with E-state index in [0.29, 0.717) is 12.8 Å². The largest absolute Gasteiger partial charge is 0.480 e. The lowest BCUT2D eigenvalue weighted by Gasteiger charge is -2.15. The fourth-order valence-electron chi connectivity index (χ4n) is 5.14. The summed E-state index contributed by atoms with van der Waals surface area (Å²) in [6, 6.07) is -1.40. The molecular formula is C46H72N2O7. The van der Waals surface area contributed by atoms with Crippen LogP contribution in [-0.2, 0) is 23.9 Å². The van der Waals surface area contributed by atoms with Crippen LogP contribution in [0.25, 0.3) is 0 Å². The zero-order chi connectivity index (χ0) is 40.5. The Morgan fingerprint density at radius 3 is 1.64 bits per heavy atom. The Balaban J connectivity index is 4.21. The maximum atomic E-state index is 12.6. The van der Waals surface area contributed by atoms with Gasteiger partial charge in [-0.15, -0.1) is 0 Å². The van der Waals surface area contributed by atoms with Gasteiger partial charge >= 0.3 is 11.9 Å². The second-order valence-electron chi connectivity index (χ2n) is 13.3. The van der Waals surface area contributed by atoms with E-state index >= 15 is 0 Å². The molecule has 0 aliphatic carbocycles. The van der Waals surface area contributed by atoms with E-state index in [1.165, 1.54) is 6.42 Å². The molecule has 2 unspecified atom stereocenters. The van der Waals surface area contributed by atoms with E-state index < -0.39 is 24.5 Å². The minimum absolute atomic E-state index is 0.178. The molecule has 2 atom stereocenters. The number of nitrogens with one attached hydrogen (secondary N) is 2. The molecule has 0 saturated carbocycles. The average Bonchev–Trinajstić information content (AvgIpc) is 3.17. The molecule has 0 aliphatic rings. The van der Waals surface area contributed by atoms with Gasteiger partial charge in [-0.2, -0.15) is 0 Å². The maximum absolute atomic E-state index is 12.6. The van der Waals surface area contributed by atoms with Crippen LogP contribution in [0.15, 0.2) is 97.2 Å². The molecule has 9 nitrogen and oxygen atoms in total. The lowest BCUT2D eigenvalue weighted by molar-refractivity contribution is -0.147. The Hall–Kier alpha value is -4.24. The van der Waals surface area contributed by atoms with Gasteiger partial charge in [0.15, 0.2) is 0 Å². The van der Waals surface area contributed by atoms with Gasteiger partial charge in [0.2, 0.25) is 11.8 Å². The third-order valence-electron chi connectivity index (χ3n) is 8.30. The monoisotopic (exact) mass is 765 g/mol. The van der Waals surface area contributed by atoms with Gasteiger partial charge in [0.1, 0.15) is 12.1 Å². The normalized spacial score (nSPS) is 13.5. The number of aliphatic hydroxyl groups excluding tert-OH is 1. The number of allylic oxidation sites excluding steroid dienone is 15. The van der Waals surface area contributed by atoms with Gasteiger partial charge < -0.3 is 25.6 Å². The van der Waals surface area contributed by atoms with E-state index in [-0.39, 0.29) is 30.9 Å². The first-order valence-electron chi connectivity index (χ1n) is 20.6. The molecule has 0 fully saturated rings. The van der Waals surface area contributed by atoms with E-state index in [4.69, 9.17) is 14.9 Å². The molecule has 9 heteroatoms. The van der Waals surface area contributed by atoms with E-state index in [9.17, 15) is 19.2 Å². The fraction of sp³-hybridized carbons (Fsp3) is 0.565. The topological polar surface area (TPSA) is 142 Å². The Morgan fingerprint density at radius 2 is 1.11 bits per heavy atom. The number of amides is 2. The number of hydrogen-bond acceptors (Lipinski definition) is 6. The van der Waals surface area contributed by atoms with Crippen LogP contribution in [0.4, 0.5) is 0 Å². The van der Waals surface area contributed by atoms with E-state index in [2.05, 4.69) is 116 Å². The molecule has 0 aromatic heterocycles. The quantitative estimate of drug-likeness (QED) is 0.0286. The predicted octanol–water partition coefficient (Wildman–Crippen LogP) is 9.87. The molecule has 0 heterocycles. The standard InChI is InChI=1S/C46H72N2O7/c1-3-5-7-9-10-11-12-13-14-15-16-17-18-19-20-21-22-23-24-25-26-28-34-38-45(52)55-41(35-31-27-8-6-4-2)36-32-29-30-33-37-43(50)47-39-44(51)48-42(40-49)46(53)54/h5,7,10-11,13-14,16-17,19-20,22-23,25-26,31,35,41-42,49H,3-4,6,8-9,12,15,18,21,24,27-30,32-34,36-40H2,1-2H3,(H,47,50)(H,48,51)(H,53,54)/b7-5-,11-10-,14-13-,17-16-,20-19-,23-22-,26-25-,35-31-. The molecule has 0 aromatic carbocycles. The highest BCUT2D eigenvalue weighted by Crippen LogP contribution is 2.14. The minimum atomic E-state index is -1.40. The van der Waals surface area contributed by atoms with Crippen LogP contribution < -0.4 is 10.6 Å². The van der Waals surface area contributed by atoms with Crippen molar-refractivity contribution >= 4 is 23.8 Å². The van der Waals surface area contributed by atoms with Gasteiger partial charge in [-0.25, -0.2) is 4.79 Å². The van der Waals surface area contributed by atoms with Crippen molar-refractivity contribution in [2.24, 2.45) is 0 Å². The Kier molecular flexibility index (Phi) is 36.4. The number of hydrogen-bond donors (Lipinski definition) is 4. The minimum Gasteiger partial charge on any atom is -0.480 e. The van der Waals surface area contributed by atoms with E-state index in [1.807, 2.05) is 6.08 Å². The summed E-state index contributed by atoms with van der Waals surface area (Å²) in [5, 5.41) is 22.5. The van der Waals surface area contributed by atoms with Gasteiger partial charge in [-0.3, -0.25) is 14.4 Å². The van der Waals surface area contributed by atoms with Gasteiger partial charge in [0.05, 0.1) is 13.2 Å². The molecule has 0 radical (unpaired) electrons. The number of aliphatic carboxylic acids is 1. The average molecular weight is 765 g/mol. The third kappa shape index (κ3) is 36.5. The summed E-state index contributed by atoms with van der Waals surface area (Å²) in [6.07, 6.45) is 51.9. The number of aliphatic hydroxyl groups is 1. The lowest BCUT2D eigenvalue weighted by atomic mass is 10.1. The number of carboxylic acids is 1. The molecule has 0 rings (SSSR count). The van der Waals surface area contributed by atoms with Crippen molar-refractivity contribution in [1.29, 1.82) is 0 Å². The summed E-state index contributed by atoms with van der Waals surface area (Å²) in [5.41, 5.74) is 0. The van der Waals surface area contributed by atoms with Gasteiger partial charge in [0, 0.05) is 12.8 Å². The summed E-state index contributed by atoms with van der Waals surface area (Å²) in [7, 11) is 0. The smallest absolute Gasteiger partial charge is 0.328 e. The first kappa shape index (κ1) is 50.8. The van der Waals surface area contributed by atoms with Crippen LogP contribution in [0.2, 0.25) is 0 Å². The second-order valence-corrected chi connectivity index (χ2v) is 13.3. The molecule has 2 amide bonds. The molecular weight excluding hydrogens is 693 g/mol. The lowest BCUT2D eigenvalue weighted by Crippen LogP contribution is -2.47. The van der Waals surface area contributed by atoms with E-state index in [0.717, 1.165) is 103 Å². The van der Waals surface area contributed by atoms with Crippen molar-refractivity contribution in [3.8, 4) is 0 Å². The number of carbonyl (C=O) groups is 4. The highest BCUT2D eigenvalue weighted by Gasteiger charge is 2.18. The van der Waals surface area contributed by atoms with Crippen molar-refractivity contribution in [1.82, 2.24) is 10.6 Å². The van der Waals surface area contributed by atoms with Crippen molar-refractivity contribution in [2.75, 3.05) is 13.2 Å². The molecule has 4 N–H and O–H groups in total. The zero-order valence-electron chi connectivity index (χ0n) is 33.9. The van der Waals surface area contributed by atoms with Crippen LogP contribution in [0.1, 0.15) is 142 Å². The fourth-order valence-corrected chi connectivity index (χ4v) is 5.14. The Labute approximate surface area is 332 Å². The van der Waals surface area contributed by atoms with Crippen molar-refractivity contribution in [3.05, 3.63) is 97.2 Å².